The summed E-state index contributed by atoms with van der Waals surface area (Å²) in [6, 6.07) is 8.73. The molecule has 3 aromatic rings. The molecule has 36 heavy (non-hydrogen) atoms. The second-order valence-corrected chi connectivity index (χ2v) is 10.4. The largest absolute Gasteiger partial charge is 0.486 e. The molecule has 9 nitrogen and oxygen atoms in total. The standard InChI is InChI=1S/C27H29N5O4/c33-20-12-19-11-18(1-2-23(19)36-15-20)14-28-25(34)21-13-22(32-24(31-21)6-10-30-32)26(35)29-16-27-7-3-17(4-8-27)5-9-27/h1-2,6,10-11,13,17H,3-5,7-9,12,14-16H2,(H,28,34)(H,29,35). The molecule has 2 aromatic heterocycles. The van der Waals surface area contributed by atoms with Crippen LogP contribution in [0, 0.1) is 11.3 Å². The second kappa shape index (κ2) is 9.04. The molecule has 4 aliphatic rings. The van der Waals surface area contributed by atoms with E-state index >= 15 is 0 Å². The van der Waals surface area contributed by atoms with E-state index in [4.69, 9.17) is 4.74 Å². The number of fused-ring (bicyclic) bond motifs is 5. The number of hydrogen-bond acceptors (Lipinski definition) is 6. The van der Waals surface area contributed by atoms with E-state index in [0.717, 1.165) is 17.0 Å². The highest BCUT2D eigenvalue weighted by molar-refractivity contribution is 5.98. The molecule has 0 saturated heterocycles. The van der Waals surface area contributed by atoms with Gasteiger partial charge in [-0.25, -0.2) is 9.50 Å². The molecule has 3 fully saturated rings. The lowest BCUT2D eigenvalue weighted by Gasteiger charge is -2.46. The summed E-state index contributed by atoms with van der Waals surface area (Å²) in [6.07, 6.45) is 9.17. The monoisotopic (exact) mass is 487 g/mol. The van der Waals surface area contributed by atoms with Crippen molar-refractivity contribution in [1.29, 1.82) is 0 Å². The van der Waals surface area contributed by atoms with E-state index in [9.17, 15) is 14.4 Å². The smallest absolute Gasteiger partial charge is 0.270 e. The minimum Gasteiger partial charge on any atom is -0.486 e. The lowest BCUT2D eigenvalue weighted by atomic mass is 9.61. The Balaban J connectivity index is 1.16. The van der Waals surface area contributed by atoms with Crippen molar-refractivity contribution >= 4 is 23.2 Å². The molecule has 1 aromatic carbocycles. The van der Waals surface area contributed by atoms with Crippen molar-refractivity contribution in [2.24, 2.45) is 11.3 Å². The van der Waals surface area contributed by atoms with Gasteiger partial charge in [-0.05, 0) is 67.6 Å². The van der Waals surface area contributed by atoms with Crippen molar-refractivity contribution in [3.63, 3.8) is 0 Å². The molecule has 2 N–H and O–H groups in total. The Bertz CT molecular complexity index is 1340. The number of ketones is 1. The Labute approximate surface area is 208 Å². The Morgan fingerprint density at radius 1 is 1.06 bits per heavy atom. The molecule has 3 heterocycles. The third kappa shape index (κ3) is 4.34. The van der Waals surface area contributed by atoms with Gasteiger partial charge in [0.1, 0.15) is 23.7 Å². The number of benzene rings is 1. The summed E-state index contributed by atoms with van der Waals surface area (Å²) in [5.74, 6) is 0.964. The molecule has 0 radical (unpaired) electrons. The number of amides is 2. The van der Waals surface area contributed by atoms with Gasteiger partial charge < -0.3 is 15.4 Å². The van der Waals surface area contributed by atoms with Crippen LogP contribution in [0.5, 0.6) is 5.75 Å². The van der Waals surface area contributed by atoms with E-state index in [0.29, 0.717) is 30.1 Å². The first-order valence-electron chi connectivity index (χ1n) is 12.7. The average molecular weight is 488 g/mol. The van der Waals surface area contributed by atoms with Crippen LogP contribution in [0.1, 0.15) is 70.6 Å². The number of carbonyl (C=O) groups is 3. The van der Waals surface area contributed by atoms with E-state index in [2.05, 4.69) is 20.7 Å². The predicted molar refractivity (Wildman–Crippen MR) is 131 cm³/mol. The number of rotatable bonds is 6. The quantitative estimate of drug-likeness (QED) is 0.553. The van der Waals surface area contributed by atoms with E-state index in [1.807, 2.05) is 18.2 Å². The number of hydrogen-bond donors (Lipinski definition) is 2. The Hall–Kier alpha value is -3.75. The van der Waals surface area contributed by atoms with Gasteiger partial charge in [0.15, 0.2) is 11.4 Å². The zero-order chi connectivity index (χ0) is 24.7. The van der Waals surface area contributed by atoms with Crippen LogP contribution in [-0.2, 0) is 17.8 Å². The summed E-state index contributed by atoms with van der Waals surface area (Å²) in [5.41, 5.74) is 2.76. The number of aromatic nitrogens is 3. The average Bonchev–Trinajstić information content (AvgIpc) is 3.39. The van der Waals surface area contributed by atoms with Gasteiger partial charge in [0, 0.05) is 37.2 Å². The van der Waals surface area contributed by atoms with E-state index in [1.165, 1.54) is 49.1 Å². The Morgan fingerprint density at radius 3 is 2.67 bits per heavy atom. The molecule has 3 aliphatic carbocycles. The zero-order valence-corrected chi connectivity index (χ0v) is 20.1. The summed E-state index contributed by atoms with van der Waals surface area (Å²) in [4.78, 5) is 42.3. The summed E-state index contributed by atoms with van der Waals surface area (Å²) < 4.78 is 6.91. The third-order valence-electron chi connectivity index (χ3n) is 8.05. The van der Waals surface area contributed by atoms with Crippen molar-refractivity contribution in [3.8, 4) is 5.75 Å². The molecule has 0 unspecified atom stereocenters. The first-order valence-corrected chi connectivity index (χ1v) is 12.7. The lowest BCUT2D eigenvalue weighted by molar-refractivity contribution is -0.121. The van der Waals surface area contributed by atoms with Gasteiger partial charge in [0.05, 0.1) is 6.20 Å². The van der Waals surface area contributed by atoms with Crippen LogP contribution < -0.4 is 15.4 Å². The van der Waals surface area contributed by atoms with Crippen LogP contribution in [0.15, 0.2) is 36.5 Å². The van der Waals surface area contributed by atoms with Gasteiger partial charge >= 0.3 is 0 Å². The van der Waals surface area contributed by atoms with Crippen LogP contribution >= 0.6 is 0 Å². The number of Topliss-reactive ketones (excluding diaryl/α,β-unsaturated/α-hetero) is 1. The first-order chi connectivity index (χ1) is 17.5. The molecular formula is C27H29N5O4. The summed E-state index contributed by atoms with van der Waals surface area (Å²) in [6.45, 7) is 1.01. The molecule has 9 heteroatoms. The fourth-order valence-corrected chi connectivity index (χ4v) is 5.87. The zero-order valence-electron chi connectivity index (χ0n) is 20.1. The maximum absolute atomic E-state index is 13.2. The molecule has 0 atom stereocenters. The maximum atomic E-state index is 13.2. The molecule has 186 valence electrons. The third-order valence-corrected chi connectivity index (χ3v) is 8.05. The second-order valence-electron chi connectivity index (χ2n) is 10.4. The van der Waals surface area contributed by atoms with Gasteiger partial charge in [-0.1, -0.05) is 6.07 Å². The fraction of sp³-hybridized carbons (Fsp3) is 0.444. The van der Waals surface area contributed by atoms with Crippen molar-refractivity contribution in [2.75, 3.05) is 13.2 Å². The number of carbonyl (C=O) groups excluding carboxylic acids is 3. The first kappa shape index (κ1) is 22.7. The molecule has 2 bridgehead atoms. The highest BCUT2D eigenvalue weighted by atomic mass is 16.5. The van der Waals surface area contributed by atoms with Crippen LogP contribution in [0.3, 0.4) is 0 Å². The minimum atomic E-state index is -0.387. The molecule has 3 saturated carbocycles. The molecular weight excluding hydrogens is 458 g/mol. The van der Waals surface area contributed by atoms with Crippen LogP contribution in [0.2, 0.25) is 0 Å². The molecule has 7 rings (SSSR count). The minimum absolute atomic E-state index is 0.0311. The van der Waals surface area contributed by atoms with Crippen molar-refractivity contribution in [2.45, 2.75) is 51.5 Å². The van der Waals surface area contributed by atoms with Crippen LogP contribution in [-0.4, -0.2) is 45.3 Å². The van der Waals surface area contributed by atoms with Crippen molar-refractivity contribution in [1.82, 2.24) is 25.2 Å². The number of nitrogens with zero attached hydrogens (tertiary/aromatic N) is 3. The Morgan fingerprint density at radius 2 is 1.86 bits per heavy atom. The van der Waals surface area contributed by atoms with Gasteiger partial charge in [-0.15, -0.1) is 0 Å². The van der Waals surface area contributed by atoms with Crippen LogP contribution in [0.25, 0.3) is 5.65 Å². The Kier molecular flexibility index (Phi) is 5.70. The highest BCUT2D eigenvalue weighted by Crippen LogP contribution is 2.49. The summed E-state index contributed by atoms with van der Waals surface area (Å²) in [7, 11) is 0. The molecule has 1 aliphatic heterocycles. The van der Waals surface area contributed by atoms with E-state index in [1.54, 1.807) is 12.3 Å². The van der Waals surface area contributed by atoms with Crippen LogP contribution in [0.4, 0.5) is 0 Å². The van der Waals surface area contributed by atoms with Gasteiger partial charge in [0.25, 0.3) is 11.8 Å². The molecule has 2 amide bonds. The predicted octanol–water partition coefficient (Wildman–Crippen LogP) is 2.86. The number of ether oxygens (including phenoxy) is 1. The SMILES string of the molecule is O=C1COc2ccc(CNC(=O)c3cc(C(=O)NCC45CCC(CC4)CC5)n4nccc4n3)cc2C1. The van der Waals surface area contributed by atoms with E-state index in [-0.39, 0.29) is 41.9 Å². The maximum Gasteiger partial charge on any atom is 0.270 e. The number of nitrogens with one attached hydrogen (secondary N) is 2. The topological polar surface area (TPSA) is 115 Å². The van der Waals surface area contributed by atoms with Gasteiger partial charge in [0.2, 0.25) is 0 Å². The van der Waals surface area contributed by atoms with E-state index < -0.39 is 0 Å². The van der Waals surface area contributed by atoms with Gasteiger partial charge in [-0.2, -0.15) is 5.10 Å². The summed E-state index contributed by atoms with van der Waals surface area (Å²) in [5, 5.41) is 10.2. The normalized spacial score (nSPS) is 22.7. The lowest BCUT2D eigenvalue weighted by Crippen LogP contribution is -2.43. The van der Waals surface area contributed by atoms with Crippen molar-refractivity contribution < 1.29 is 19.1 Å². The highest BCUT2D eigenvalue weighted by Gasteiger charge is 2.40. The van der Waals surface area contributed by atoms with Gasteiger partial charge in [-0.3, -0.25) is 14.4 Å². The fourth-order valence-electron chi connectivity index (χ4n) is 5.87. The summed E-state index contributed by atoms with van der Waals surface area (Å²) >= 11 is 0. The molecule has 0 spiro atoms. The van der Waals surface area contributed by atoms with Crippen molar-refractivity contribution in [3.05, 3.63) is 59.0 Å².